The number of carbonyl (C=O) groups excluding carboxylic acids is 1. The second-order valence-corrected chi connectivity index (χ2v) is 7.62. The summed E-state index contributed by atoms with van der Waals surface area (Å²) in [5, 5.41) is 16.0. The van der Waals surface area contributed by atoms with Gasteiger partial charge in [-0.2, -0.15) is 0 Å². The van der Waals surface area contributed by atoms with E-state index in [1.54, 1.807) is 12.1 Å². The fourth-order valence-electron chi connectivity index (χ4n) is 3.37. The predicted molar refractivity (Wildman–Crippen MR) is 110 cm³/mol. The minimum atomic E-state index is -1.00. The first kappa shape index (κ1) is 20.5. The summed E-state index contributed by atoms with van der Waals surface area (Å²) in [6.07, 6.45) is 1.16. The number of carbonyl (C=O) groups is 2. The van der Waals surface area contributed by atoms with Crippen LogP contribution in [0.4, 0.5) is 5.69 Å². The second kappa shape index (κ2) is 8.82. The van der Waals surface area contributed by atoms with Gasteiger partial charge in [-0.15, -0.1) is 0 Å². The van der Waals surface area contributed by atoms with Gasteiger partial charge < -0.3 is 21.5 Å². The summed E-state index contributed by atoms with van der Waals surface area (Å²) in [6.45, 7) is 0.574. The summed E-state index contributed by atoms with van der Waals surface area (Å²) in [6, 6.07) is 9.53. The van der Waals surface area contributed by atoms with Crippen LogP contribution < -0.4 is 16.4 Å². The summed E-state index contributed by atoms with van der Waals surface area (Å²) in [4.78, 5) is 24.1. The minimum Gasteiger partial charge on any atom is -0.480 e. The van der Waals surface area contributed by atoms with Crippen LogP contribution in [0, 0.1) is 0 Å². The Labute approximate surface area is 173 Å². The lowest BCUT2D eigenvalue weighted by Gasteiger charge is -2.32. The maximum Gasteiger partial charge on any atom is 0.326 e. The Hall–Kier alpha value is -2.28. The zero-order valence-corrected chi connectivity index (χ0v) is 16.6. The number of halogens is 2. The number of carboxylic acid groups (broad SMARTS) is 1. The molecule has 8 heteroatoms. The lowest BCUT2D eigenvalue weighted by atomic mass is 9.92. The molecule has 6 nitrogen and oxygen atoms in total. The zero-order valence-electron chi connectivity index (χ0n) is 15.0. The molecule has 1 aliphatic heterocycles. The molecule has 0 aliphatic carbocycles. The third kappa shape index (κ3) is 4.76. The summed E-state index contributed by atoms with van der Waals surface area (Å²) >= 11 is 12.4. The van der Waals surface area contributed by atoms with E-state index in [1.165, 1.54) is 0 Å². The Kier molecular flexibility index (Phi) is 6.44. The van der Waals surface area contributed by atoms with Gasteiger partial charge in [0.05, 0.1) is 12.5 Å². The molecule has 0 fully saturated rings. The number of benzene rings is 2. The molecular formula is C20H21Cl2N3O3. The van der Waals surface area contributed by atoms with Crippen molar-refractivity contribution in [3.63, 3.8) is 0 Å². The molecule has 2 atom stereocenters. The standard InChI is InChI=1S/C20H21Cl2N3O3/c21-13-8-14(22)19-15(9-13)24-17(20(27)28)10-16(19)25-18(26)7-12-3-1-11(2-4-12)5-6-23/h1-4,8-9,16-17,24H,5-7,10,23H2,(H,25,26)(H,27,28)/t16-,17+/m0/s1. The average Bonchev–Trinajstić information content (AvgIpc) is 2.62. The highest BCUT2D eigenvalue weighted by atomic mass is 35.5. The predicted octanol–water partition coefficient (Wildman–Crippen LogP) is 3.16. The van der Waals surface area contributed by atoms with Crippen molar-refractivity contribution in [2.24, 2.45) is 5.73 Å². The third-order valence-electron chi connectivity index (χ3n) is 4.70. The quantitative estimate of drug-likeness (QED) is 0.573. The van der Waals surface area contributed by atoms with Crippen LogP contribution in [0.1, 0.15) is 29.2 Å². The summed E-state index contributed by atoms with van der Waals surface area (Å²) in [7, 11) is 0. The number of nitrogens with one attached hydrogen (secondary N) is 2. The van der Waals surface area contributed by atoms with Gasteiger partial charge in [-0.25, -0.2) is 4.79 Å². The molecule has 3 rings (SSSR count). The van der Waals surface area contributed by atoms with Crippen molar-refractivity contribution in [2.75, 3.05) is 11.9 Å². The number of anilines is 1. The maximum atomic E-state index is 12.6. The summed E-state index contributed by atoms with van der Waals surface area (Å²) in [5.41, 5.74) is 8.70. The average molecular weight is 422 g/mol. The molecular weight excluding hydrogens is 401 g/mol. The topological polar surface area (TPSA) is 104 Å². The molecule has 0 aromatic heterocycles. The zero-order chi connectivity index (χ0) is 20.3. The molecule has 0 radical (unpaired) electrons. The summed E-state index contributed by atoms with van der Waals surface area (Å²) < 4.78 is 0. The van der Waals surface area contributed by atoms with Crippen LogP contribution >= 0.6 is 23.2 Å². The van der Waals surface area contributed by atoms with Gasteiger partial charge in [0.1, 0.15) is 6.04 Å². The van der Waals surface area contributed by atoms with Crippen molar-refractivity contribution in [3.05, 3.63) is 63.1 Å². The molecule has 28 heavy (non-hydrogen) atoms. The van der Waals surface area contributed by atoms with E-state index in [2.05, 4.69) is 10.6 Å². The number of aliphatic carboxylic acids is 1. The second-order valence-electron chi connectivity index (χ2n) is 6.77. The van der Waals surface area contributed by atoms with E-state index in [9.17, 15) is 14.7 Å². The lowest BCUT2D eigenvalue weighted by Crippen LogP contribution is -2.41. The maximum absolute atomic E-state index is 12.6. The fourth-order valence-corrected chi connectivity index (χ4v) is 4.00. The van der Waals surface area contributed by atoms with Gasteiger partial charge in [0.2, 0.25) is 5.91 Å². The van der Waals surface area contributed by atoms with Crippen molar-refractivity contribution in [1.82, 2.24) is 5.32 Å². The first-order valence-corrected chi connectivity index (χ1v) is 9.68. The van der Waals surface area contributed by atoms with E-state index in [1.807, 2.05) is 24.3 Å². The van der Waals surface area contributed by atoms with Crippen LogP contribution in [-0.2, 0) is 22.4 Å². The van der Waals surface area contributed by atoms with E-state index in [0.29, 0.717) is 27.8 Å². The van der Waals surface area contributed by atoms with Crippen LogP contribution in [-0.4, -0.2) is 29.6 Å². The largest absolute Gasteiger partial charge is 0.480 e. The van der Waals surface area contributed by atoms with E-state index < -0.39 is 18.1 Å². The number of amides is 1. The van der Waals surface area contributed by atoms with Crippen LogP contribution in [0.2, 0.25) is 10.0 Å². The van der Waals surface area contributed by atoms with E-state index in [0.717, 1.165) is 17.5 Å². The first-order chi connectivity index (χ1) is 13.4. The highest BCUT2D eigenvalue weighted by Crippen LogP contribution is 2.39. The van der Waals surface area contributed by atoms with Crippen LogP contribution in [0.3, 0.4) is 0 Å². The van der Waals surface area contributed by atoms with Crippen molar-refractivity contribution in [2.45, 2.75) is 31.3 Å². The lowest BCUT2D eigenvalue weighted by molar-refractivity contribution is -0.138. The van der Waals surface area contributed by atoms with Gasteiger partial charge in [-0.3, -0.25) is 4.79 Å². The fraction of sp³-hybridized carbons (Fsp3) is 0.300. The summed E-state index contributed by atoms with van der Waals surface area (Å²) in [5.74, 6) is -1.21. The number of rotatable bonds is 6. The molecule has 148 valence electrons. The molecule has 1 amide bonds. The molecule has 0 unspecified atom stereocenters. The number of nitrogens with two attached hydrogens (primary N) is 1. The first-order valence-electron chi connectivity index (χ1n) is 8.93. The highest BCUT2D eigenvalue weighted by molar-refractivity contribution is 6.35. The van der Waals surface area contributed by atoms with Crippen molar-refractivity contribution < 1.29 is 14.7 Å². The highest BCUT2D eigenvalue weighted by Gasteiger charge is 2.33. The third-order valence-corrected chi connectivity index (χ3v) is 5.23. The SMILES string of the molecule is NCCc1ccc(CC(=O)N[C@H]2C[C@H](C(=O)O)Nc3cc(Cl)cc(Cl)c32)cc1. The minimum absolute atomic E-state index is 0.185. The smallest absolute Gasteiger partial charge is 0.326 e. The molecule has 0 saturated heterocycles. The van der Waals surface area contributed by atoms with Gasteiger partial charge >= 0.3 is 5.97 Å². The molecule has 1 aliphatic rings. The number of carboxylic acids is 1. The Morgan fingerprint density at radius 3 is 2.50 bits per heavy atom. The molecule has 2 aromatic carbocycles. The molecule has 5 N–H and O–H groups in total. The van der Waals surface area contributed by atoms with Crippen molar-refractivity contribution in [1.29, 1.82) is 0 Å². The molecule has 0 bridgehead atoms. The van der Waals surface area contributed by atoms with Gasteiger partial charge in [0.25, 0.3) is 0 Å². The van der Waals surface area contributed by atoms with E-state index in [4.69, 9.17) is 28.9 Å². The number of fused-ring (bicyclic) bond motifs is 1. The van der Waals surface area contributed by atoms with Crippen molar-refractivity contribution >= 4 is 40.8 Å². The van der Waals surface area contributed by atoms with Gasteiger partial charge in [0, 0.05) is 27.7 Å². The molecule has 2 aromatic rings. The van der Waals surface area contributed by atoms with Gasteiger partial charge in [0.15, 0.2) is 0 Å². The number of hydrogen-bond donors (Lipinski definition) is 4. The van der Waals surface area contributed by atoms with Crippen LogP contribution in [0.15, 0.2) is 36.4 Å². The Morgan fingerprint density at radius 1 is 1.18 bits per heavy atom. The van der Waals surface area contributed by atoms with Crippen LogP contribution in [0.5, 0.6) is 0 Å². The van der Waals surface area contributed by atoms with Crippen LogP contribution in [0.25, 0.3) is 0 Å². The normalized spacial score (nSPS) is 18.1. The van der Waals surface area contributed by atoms with E-state index in [-0.39, 0.29) is 18.7 Å². The Balaban J connectivity index is 1.77. The Bertz CT molecular complexity index is 887. The molecule has 1 heterocycles. The van der Waals surface area contributed by atoms with E-state index >= 15 is 0 Å². The van der Waals surface area contributed by atoms with Crippen molar-refractivity contribution in [3.8, 4) is 0 Å². The monoisotopic (exact) mass is 421 g/mol. The molecule has 0 spiro atoms. The number of hydrogen-bond acceptors (Lipinski definition) is 4. The Morgan fingerprint density at radius 2 is 1.86 bits per heavy atom. The van der Waals surface area contributed by atoms with Gasteiger partial charge in [-0.1, -0.05) is 47.5 Å². The van der Waals surface area contributed by atoms with Gasteiger partial charge in [-0.05, 0) is 36.2 Å². The molecule has 0 saturated carbocycles.